The third kappa shape index (κ3) is 4.42. The number of anilines is 1. The fourth-order valence-electron chi connectivity index (χ4n) is 3.99. The lowest BCUT2D eigenvalue weighted by atomic mass is 9.94. The Labute approximate surface area is 175 Å². The van der Waals surface area contributed by atoms with Crippen LogP contribution >= 0.6 is 0 Å². The first kappa shape index (κ1) is 19.9. The van der Waals surface area contributed by atoms with E-state index in [0.29, 0.717) is 18.1 Å². The number of aromatic hydroxyl groups is 1. The number of rotatable bonds is 5. The Hall–Kier alpha value is -3.42. The van der Waals surface area contributed by atoms with Gasteiger partial charge in [0.2, 0.25) is 0 Å². The Morgan fingerprint density at radius 1 is 1.17 bits per heavy atom. The van der Waals surface area contributed by atoms with Crippen molar-refractivity contribution in [2.24, 2.45) is 7.05 Å². The monoisotopic (exact) mass is 406 g/mol. The number of carbonyl (C=O) groups excluding carboxylic acids is 1. The van der Waals surface area contributed by atoms with Crippen molar-refractivity contribution in [1.29, 1.82) is 0 Å². The molecule has 156 valence electrons. The molecule has 2 N–H and O–H groups in total. The molecule has 0 radical (unpaired) electrons. The lowest BCUT2D eigenvalue weighted by molar-refractivity contribution is 0.162. The van der Waals surface area contributed by atoms with Crippen LogP contribution in [0.25, 0.3) is 11.4 Å². The van der Waals surface area contributed by atoms with Gasteiger partial charge in [0.1, 0.15) is 5.75 Å². The molecule has 8 nitrogen and oxygen atoms in total. The zero-order chi connectivity index (χ0) is 20.9. The Bertz CT molecular complexity index is 1010. The molecule has 0 spiro atoms. The molecule has 0 atom stereocenters. The van der Waals surface area contributed by atoms with Crippen molar-refractivity contribution >= 4 is 11.7 Å². The number of aryl methyl sites for hydroxylation is 1. The number of amides is 2. The molecule has 8 heteroatoms. The SMILES string of the molecule is Cn1nnnc1-c1cccc(NC(=O)N(Cc2ccccc2O)C2CCCCC2)c1. The van der Waals surface area contributed by atoms with Crippen LogP contribution in [0.1, 0.15) is 37.7 Å². The maximum Gasteiger partial charge on any atom is 0.322 e. The van der Waals surface area contributed by atoms with Crippen LogP contribution in [0.5, 0.6) is 5.75 Å². The molecule has 1 aliphatic carbocycles. The first-order chi connectivity index (χ1) is 14.6. The summed E-state index contributed by atoms with van der Waals surface area (Å²) in [4.78, 5) is 15.1. The van der Waals surface area contributed by atoms with Gasteiger partial charge >= 0.3 is 6.03 Å². The van der Waals surface area contributed by atoms with E-state index in [2.05, 4.69) is 20.8 Å². The number of aromatic nitrogens is 4. The molecule has 3 aromatic rings. The maximum atomic E-state index is 13.3. The Morgan fingerprint density at radius 2 is 1.97 bits per heavy atom. The van der Waals surface area contributed by atoms with Crippen LogP contribution in [0.2, 0.25) is 0 Å². The normalized spacial score (nSPS) is 14.4. The fourth-order valence-corrected chi connectivity index (χ4v) is 3.99. The molecule has 4 rings (SSSR count). The Kier molecular flexibility index (Phi) is 5.92. The van der Waals surface area contributed by atoms with Gasteiger partial charge in [-0.1, -0.05) is 49.6 Å². The van der Waals surface area contributed by atoms with Gasteiger partial charge in [0.25, 0.3) is 0 Å². The summed E-state index contributed by atoms with van der Waals surface area (Å²) >= 11 is 0. The third-order valence-electron chi connectivity index (χ3n) is 5.60. The van der Waals surface area contributed by atoms with Crippen molar-refractivity contribution in [3.8, 4) is 17.1 Å². The number of carbonyl (C=O) groups is 1. The van der Waals surface area contributed by atoms with Gasteiger partial charge in [0.05, 0.1) is 6.54 Å². The molecule has 1 aliphatic rings. The molecule has 2 amide bonds. The Balaban J connectivity index is 1.56. The number of urea groups is 1. The predicted octanol–water partition coefficient (Wildman–Crippen LogP) is 3.95. The number of benzene rings is 2. The van der Waals surface area contributed by atoms with Gasteiger partial charge in [-0.25, -0.2) is 9.48 Å². The quantitative estimate of drug-likeness (QED) is 0.669. The lowest BCUT2D eigenvalue weighted by Gasteiger charge is -2.34. The highest BCUT2D eigenvalue weighted by atomic mass is 16.3. The summed E-state index contributed by atoms with van der Waals surface area (Å²) in [5, 5.41) is 24.8. The molecular formula is C22H26N6O2. The van der Waals surface area contributed by atoms with Gasteiger partial charge in [-0.05, 0) is 41.5 Å². The second kappa shape index (κ2) is 8.94. The predicted molar refractivity (Wildman–Crippen MR) is 114 cm³/mol. The van der Waals surface area contributed by atoms with Crippen molar-refractivity contribution < 1.29 is 9.90 Å². The molecule has 30 heavy (non-hydrogen) atoms. The summed E-state index contributed by atoms with van der Waals surface area (Å²) in [5.74, 6) is 0.840. The van der Waals surface area contributed by atoms with Gasteiger partial charge in [0.15, 0.2) is 5.82 Å². The molecule has 0 bridgehead atoms. The van der Waals surface area contributed by atoms with Gasteiger partial charge in [0, 0.05) is 29.9 Å². The molecule has 0 unspecified atom stereocenters. The highest BCUT2D eigenvalue weighted by molar-refractivity contribution is 5.90. The molecule has 2 aromatic carbocycles. The molecule has 1 fully saturated rings. The number of hydrogen-bond donors (Lipinski definition) is 2. The van der Waals surface area contributed by atoms with Crippen LogP contribution < -0.4 is 5.32 Å². The number of phenolic OH excluding ortho intramolecular Hbond substituents is 1. The number of hydrogen-bond acceptors (Lipinski definition) is 5. The van der Waals surface area contributed by atoms with E-state index in [9.17, 15) is 9.90 Å². The van der Waals surface area contributed by atoms with Gasteiger partial charge in [-0.3, -0.25) is 0 Å². The first-order valence-electron chi connectivity index (χ1n) is 10.3. The second-order valence-electron chi connectivity index (χ2n) is 7.69. The summed E-state index contributed by atoms with van der Waals surface area (Å²) in [7, 11) is 1.78. The topological polar surface area (TPSA) is 96.2 Å². The van der Waals surface area contributed by atoms with Crippen molar-refractivity contribution in [2.45, 2.75) is 44.7 Å². The molecular weight excluding hydrogens is 380 g/mol. The zero-order valence-corrected chi connectivity index (χ0v) is 17.0. The largest absolute Gasteiger partial charge is 0.508 e. The minimum absolute atomic E-state index is 0.157. The van der Waals surface area contributed by atoms with Crippen LogP contribution in [0.4, 0.5) is 10.5 Å². The van der Waals surface area contributed by atoms with Crippen molar-refractivity contribution in [3.63, 3.8) is 0 Å². The van der Waals surface area contributed by atoms with Crippen LogP contribution in [0.3, 0.4) is 0 Å². The van der Waals surface area contributed by atoms with Crippen molar-refractivity contribution in [2.75, 3.05) is 5.32 Å². The van der Waals surface area contributed by atoms with Crippen LogP contribution in [0.15, 0.2) is 48.5 Å². The summed E-state index contributed by atoms with van der Waals surface area (Å²) in [6, 6.07) is 14.7. The number of nitrogens with one attached hydrogen (secondary N) is 1. The van der Waals surface area contributed by atoms with Gasteiger partial charge in [-0.2, -0.15) is 0 Å². The lowest BCUT2D eigenvalue weighted by Crippen LogP contribution is -2.43. The van der Waals surface area contributed by atoms with E-state index in [0.717, 1.165) is 36.8 Å². The Morgan fingerprint density at radius 3 is 2.70 bits per heavy atom. The molecule has 0 saturated heterocycles. The average Bonchev–Trinajstić information content (AvgIpc) is 3.20. The van der Waals surface area contributed by atoms with Crippen LogP contribution in [0, 0.1) is 0 Å². The first-order valence-corrected chi connectivity index (χ1v) is 10.3. The van der Waals surface area contributed by atoms with Crippen LogP contribution in [-0.2, 0) is 13.6 Å². The van der Waals surface area contributed by atoms with E-state index in [-0.39, 0.29) is 17.8 Å². The smallest absolute Gasteiger partial charge is 0.322 e. The number of nitrogens with zero attached hydrogens (tertiary/aromatic N) is 5. The van der Waals surface area contributed by atoms with E-state index in [1.165, 1.54) is 6.42 Å². The standard InChI is InChI=1S/C22H26N6O2/c1-27-21(24-25-26-27)16-9-7-10-18(14-16)23-22(30)28(19-11-3-2-4-12-19)15-17-8-5-6-13-20(17)29/h5-10,13-14,19,29H,2-4,11-12,15H2,1H3,(H,23,30). The average molecular weight is 406 g/mol. The van der Waals surface area contributed by atoms with Crippen LogP contribution in [-0.4, -0.2) is 42.3 Å². The number of para-hydroxylation sites is 1. The second-order valence-corrected chi connectivity index (χ2v) is 7.69. The molecule has 0 aliphatic heterocycles. The van der Waals surface area contributed by atoms with Gasteiger partial charge < -0.3 is 15.3 Å². The molecule has 1 saturated carbocycles. The van der Waals surface area contributed by atoms with E-state index < -0.39 is 0 Å². The fraction of sp³-hybridized carbons (Fsp3) is 0.364. The van der Waals surface area contributed by atoms with E-state index >= 15 is 0 Å². The van der Waals surface area contributed by atoms with Crippen molar-refractivity contribution in [1.82, 2.24) is 25.1 Å². The summed E-state index contributed by atoms with van der Waals surface area (Å²) in [5.41, 5.74) is 2.25. The number of tetrazole rings is 1. The van der Waals surface area contributed by atoms with E-state index in [1.54, 1.807) is 23.9 Å². The highest BCUT2D eigenvalue weighted by Crippen LogP contribution is 2.27. The number of phenols is 1. The van der Waals surface area contributed by atoms with E-state index in [1.807, 2.05) is 41.3 Å². The minimum atomic E-state index is -0.168. The summed E-state index contributed by atoms with van der Waals surface area (Å²) in [6.45, 7) is 0.371. The van der Waals surface area contributed by atoms with Crippen molar-refractivity contribution in [3.05, 3.63) is 54.1 Å². The summed E-state index contributed by atoms with van der Waals surface area (Å²) < 4.78 is 1.59. The minimum Gasteiger partial charge on any atom is -0.508 e. The van der Waals surface area contributed by atoms with Gasteiger partial charge in [-0.15, -0.1) is 5.10 Å². The maximum absolute atomic E-state index is 13.3. The van der Waals surface area contributed by atoms with E-state index in [4.69, 9.17) is 0 Å². The molecule has 1 heterocycles. The molecule has 1 aromatic heterocycles. The zero-order valence-electron chi connectivity index (χ0n) is 17.0. The third-order valence-corrected chi connectivity index (χ3v) is 5.60. The highest BCUT2D eigenvalue weighted by Gasteiger charge is 2.26. The summed E-state index contributed by atoms with van der Waals surface area (Å²) in [6.07, 6.45) is 5.39.